The van der Waals surface area contributed by atoms with Gasteiger partial charge in [-0.1, -0.05) is 27.2 Å². The first-order valence-corrected chi connectivity index (χ1v) is 7.76. The molecule has 0 heterocycles. The molecule has 0 saturated heterocycles. The van der Waals surface area contributed by atoms with E-state index >= 15 is 0 Å². The molecule has 0 bridgehead atoms. The molecule has 3 nitrogen and oxygen atoms in total. The van der Waals surface area contributed by atoms with Crippen LogP contribution < -0.4 is 10.6 Å². The molecule has 110 valence electrons. The smallest absolute Gasteiger partial charge is 0.226 e. The summed E-state index contributed by atoms with van der Waals surface area (Å²) < 4.78 is 0. The van der Waals surface area contributed by atoms with Crippen LogP contribution in [0.2, 0.25) is 0 Å². The van der Waals surface area contributed by atoms with Crippen molar-refractivity contribution in [3.63, 3.8) is 0 Å². The van der Waals surface area contributed by atoms with Crippen molar-refractivity contribution < 1.29 is 4.79 Å². The molecule has 1 aromatic carbocycles. The molecular formula is C17H26N2O. The van der Waals surface area contributed by atoms with Gasteiger partial charge in [-0.3, -0.25) is 4.79 Å². The number of anilines is 2. The third kappa shape index (κ3) is 3.99. The zero-order valence-corrected chi connectivity index (χ0v) is 12.8. The van der Waals surface area contributed by atoms with Crippen LogP contribution in [0.1, 0.15) is 46.5 Å². The topological polar surface area (TPSA) is 41.1 Å². The van der Waals surface area contributed by atoms with Crippen LogP contribution in [-0.4, -0.2) is 11.9 Å². The van der Waals surface area contributed by atoms with Crippen molar-refractivity contribution in [1.29, 1.82) is 0 Å². The monoisotopic (exact) mass is 274 g/mol. The second-order valence-electron chi connectivity index (χ2n) is 6.15. The zero-order valence-electron chi connectivity index (χ0n) is 12.8. The fourth-order valence-corrected chi connectivity index (χ4v) is 2.75. The number of hydrogen-bond acceptors (Lipinski definition) is 2. The van der Waals surface area contributed by atoms with Crippen LogP contribution in [0.3, 0.4) is 0 Å². The summed E-state index contributed by atoms with van der Waals surface area (Å²) in [6.45, 7) is 6.07. The van der Waals surface area contributed by atoms with E-state index in [9.17, 15) is 4.79 Å². The van der Waals surface area contributed by atoms with Gasteiger partial charge in [0.1, 0.15) is 0 Å². The number of rotatable bonds is 5. The van der Waals surface area contributed by atoms with Crippen LogP contribution in [0.25, 0.3) is 0 Å². The third-order valence-corrected chi connectivity index (χ3v) is 4.17. The van der Waals surface area contributed by atoms with Crippen LogP contribution in [0.4, 0.5) is 11.4 Å². The minimum atomic E-state index is 0.0114. The minimum absolute atomic E-state index is 0.0114. The predicted octanol–water partition coefficient (Wildman–Crippen LogP) is 4.27. The Labute approximate surface area is 122 Å². The SMILES string of the molecule is CCC1CCC(Nc2ccc(NC(=O)C(C)C)cc2)C1. The molecule has 3 heteroatoms. The molecule has 2 N–H and O–H groups in total. The highest BCUT2D eigenvalue weighted by atomic mass is 16.1. The van der Waals surface area contributed by atoms with Crippen molar-refractivity contribution in [3.05, 3.63) is 24.3 Å². The van der Waals surface area contributed by atoms with Gasteiger partial charge in [0.15, 0.2) is 0 Å². The average Bonchev–Trinajstić information content (AvgIpc) is 2.88. The third-order valence-electron chi connectivity index (χ3n) is 4.17. The van der Waals surface area contributed by atoms with Crippen molar-refractivity contribution in [2.45, 2.75) is 52.5 Å². The molecule has 1 fully saturated rings. The summed E-state index contributed by atoms with van der Waals surface area (Å²) in [4.78, 5) is 11.6. The van der Waals surface area contributed by atoms with Gasteiger partial charge in [-0.2, -0.15) is 0 Å². The summed E-state index contributed by atoms with van der Waals surface area (Å²) in [6.07, 6.45) is 5.18. The lowest BCUT2D eigenvalue weighted by molar-refractivity contribution is -0.118. The van der Waals surface area contributed by atoms with Crippen LogP contribution in [0.5, 0.6) is 0 Å². The number of carbonyl (C=O) groups is 1. The Bertz CT molecular complexity index is 439. The molecule has 1 aliphatic carbocycles. The van der Waals surface area contributed by atoms with Gasteiger partial charge in [0.25, 0.3) is 0 Å². The fraction of sp³-hybridized carbons (Fsp3) is 0.588. The van der Waals surface area contributed by atoms with Gasteiger partial charge in [0, 0.05) is 23.3 Å². The van der Waals surface area contributed by atoms with E-state index in [1.165, 1.54) is 25.7 Å². The highest BCUT2D eigenvalue weighted by Gasteiger charge is 2.22. The molecule has 0 spiro atoms. The molecule has 2 unspecified atom stereocenters. The fourth-order valence-electron chi connectivity index (χ4n) is 2.75. The summed E-state index contributed by atoms with van der Waals surface area (Å²) in [7, 11) is 0. The van der Waals surface area contributed by atoms with E-state index in [4.69, 9.17) is 0 Å². The van der Waals surface area contributed by atoms with Gasteiger partial charge in [0.05, 0.1) is 0 Å². The quantitative estimate of drug-likeness (QED) is 0.841. The predicted molar refractivity (Wildman–Crippen MR) is 85.0 cm³/mol. The van der Waals surface area contributed by atoms with Gasteiger partial charge in [-0.05, 0) is 49.4 Å². The van der Waals surface area contributed by atoms with Gasteiger partial charge < -0.3 is 10.6 Å². The number of benzene rings is 1. The molecule has 2 atom stereocenters. The summed E-state index contributed by atoms with van der Waals surface area (Å²) in [6, 6.07) is 8.64. The van der Waals surface area contributed by atoms with Crippen LogP contribution in [0, 0.1) is 11.8 Å². The lowest BCUT2D eigenvalue weighted by atomic mass is 10.1. The summed E-state index contributed by atoms with van der Waals surface area (Å²) in [5.74, 6) is 0.960. The average molecular weight is 274 g/mol. The lowest BCUT2D eigenvalue weighted by Crippen LogP contribution is -2.18. The van der Waals surface area contributed by atoms with Crippen molar-refractivity contribution in [1.82, 2.24) is 0 Å². The highest BCUT2D eigenvalue weighted by Crippen LogP contribution is 2.30. The Hall–Kier alpha value is -1.51. The lowest BCUT2D eigenvalue weighted by Gasteiger charge is -2.15. The molecule has 0 aliphatic heterocycles. The Morgan fingerprint density at radius 3 is 2.40 bits per heavy atom. The summed E-state index contributed by atoms with van der Waals surface area (Å²) >= 11 is 0. The number of hydrogen-bond donors (Lipinski definition) is 2. The van der Waals surface area contributed by atoms with E-state index < -0.39 is 0 Å². The molecule has 0 radical (unpaired) electrons. The highest BCUT2D eigenvalue weighted by molar-refractivity contribution is 5.92. The molecule has 1 aromatic rings. The van der Waals surface area contributed by atoms with Gasteiger partial charge in [-0.15, -0.1) is 0 Å². The number of amides is 1. The summed E-state index contributed by atoms with van der Waals surface area (Å²) in [5.41, 5.74) is 2.02. The van der Waals surface area contributed by atoms with Crippen molar-refractivity contribution >= 4 is 17.3 Å². The minimum Gasteiger partial charge on any atom is -0.382 e. The van der Waals surface area contributed by atoms with Crippen molar-refractivity contribution in [2.24, 2.45) is 11.8 Å². The second-order valence-corrected chi connectivity index (χ2v) is 6.15. The molecule has 1 saturated carbocycles. The molecule has 20 heavy (non-hydrogen) atoms. The molecule has 1 amide bonds. The van der Waals surface area contributed by atoms with Crippen molar-refractivity contribution in [2.75, 3.05) is 10.6 Å². The van der Waals surface area contributed by atoms with E-state index in [0.717, 1.165) is 17.3 Å². The maximum Gasteiger partial charge on any atom is 0.226 e. The molecule has 0 aromatic heterocycles. The second kappa shape index (κ2) is 6.78. The van der Waals surface area contributed by atoms with E-state index in [2.05, 4.69) is 29.7 Å². The van der Waals surface area contributed by atoms with Crippen LogP contribution >= 0.6 is 0 Å². The van der Waals surface area contributed by atoms with E-state index in [0.29, 0.717) is 6.04 Å². The van der Waals surface area contributed by atoms with Gasteiger partial charge in [0.2, 0.25) is 5.91 Å². The normalized spacial score (nSPS) is 22.0. The molecule has 2 rings (SSSR count). The zero-order chi connectivity index (χ0) is 14.5. The largest absolute Gasteiger partial charge is 0.382 e. The standard InChI is InChI=1S/C17H26N2O/c1-4-13-5-6-16(11-13)18-14-7-9-15(10-8-14)19-17(20)12(2)3/h7-10,12-13,16,18H,4-6,11H2,1-3H3,(H,19,20). The Morgan fingerprint density at radius 1 is 1.20 bits per heavy atom. The number of carbonyl (C=O) groups excluding carboxylic acids is 1. The number of nitrogens with one attached hydrogen (secondary N) is 2. The van der Waals surface area contributed by atoms with E-state index in [1.807, 2.05) is 26.0 Å². The molecular weight excluding hydrogens is 248 g/mol. The maximum atomic E-state index is 11.6. The maximum absolute atomic E-state index is 11.6. The van der Waals surface area contributed by atoms with Gasteiger partial charge in [-0.25, -0.2) is 0 Å². The Morgan fingerprint density at radius 2 is 1.85 bits per heavy atom. The first-order chi connectivity index (χ1) is 9.58. The first kappa shape index (κ1) is 14.9. The van der Waals surface area contributed by atoms with Crippen LogP contribution in [-0.2, 0) is 4.79 Å². The summed E-state index contributed by atoms with van der Waals surface area (Å²) in [5, 5.41) is 6.51. The van der Waals surface area contributed by atoms with Crippen molar-refractivity contribution in [3.8, 4) is 0 Å². The van der Waals surface area contributed by atoms with Crippen LogP contribution in [0.15, 0.2) is 24.3 Å². The molecule has 1 aliphatic rings. The van der Waals surface area contributed by atoms with E-state index in [-0.39, 0.29) is 11.8 Å². The van der Waals surface area contributed by atoms with Gasteiger partial charge >= 0.3 is 0 Å². The first-order valence-electron chi connectivity index (χ1n) is 7.76. The Balaban J connectivity index is 1.87. The van der Waals surface area contributed by atoms with E-state index in [1.54, 1.807) is 0 Å². The Kier molecular flexibility index (Phi) is 5.05.